The lowest BCUT2D eigenvalue weighted by Crippen LogP contribution is -2.32. The van der Waals surface area contributed by atoms with Crippen LogP contribution in [0.5, 0.6) is 0 Å². The molecule has 0 heterocycles. The van der Waals surface area contributed by atoms with Crippen LogP contribution in [0.15, 0.2) is 18.2 Å². The van der Waals surface area contributed by atoms with E-state index in [1.807, 2.05) is 6.92 Å². The van der Waals surface area contributed by atoms with Crippen LogP contribution in [0.3, 0.4) is 0 Å². The number of carbonyl (C=O) groups excluding carboxylic acids is 2. The number of carbonyl (C=O) groups is 2. The lowest BCUT2D eigenvalue weighted by Gasteiger charge is -2.13. The number of hydrogen-bond acceptors (Lipinski definition) is 3. The number of alkyl halides is 3. The quantitative estimate of drug-likeness (QED) is 0.703. The molecule has 0 saturated heterocycles. The van der Waals surface area contributed by atoms with Crippen molar-refractivity contribution in [1.82, 2.24) is 10.6 Å². The van der Waals surface area contributed by atoms with Crippen molar-refractivity contribution in [3.05, 3.63) is 29.3 Å². The summed E-state index contributed by atoms with van der Waals surface area (Å²) in [6.45, 7) is 4.61. The van der Waals surface area contributed by atoms with Crippen LogP contribution in [0.2, 0.25) is 0 Å². The molecule has 0 aliphatic carbocycles. The smallest absolute Gasteiger partial charge is 0.351 e. The number of rotatable bonds is 6. The monoisotopic (exact) mass is 317 g/mol. The van der Waals surface area contributed by atoms with Crippen LogP contribution in [-0.2, 0) is 11.0 Å². The predicted molar refractivity (Wildman–Crippen MR) is 76.6 cm³/mol. The molecular formula is C14H18F3N3O2. The highest BCUT2D eigenvalue weighted by Gasteiger charge is 2.31. The van der Waals surface area contributed by atoms with Gasteiger partial charge in [0.15, 0.2) is 0 Å². The lowest BCUT2D eigenvalue weighted by atomic mass is 10.1. The van der Waals surface area contributed by atoms with Gasteiger partial charge < -0.3 is 16.0 Å². The minimum atomic E-state index is -4.60. The molecule has 22 heavy (non-hydrogen) atoms. The van der Waals surface area contributed by atoms with Gasteiger partial charge in [0.2, 0.25) is 5.91 Å². The zero-order valence-corrected chi connectivity index (χ0v) is 12.3. The first-order chi connectivity index (χ1) is 10.2. The highest BCUT2D eigenvalue weighted by atomic mass is 19.4. The summed E-state index contributed by atoms with van der Waals surface area (Å²) in [7, 11) is 0. The third-order valence-corrected chi connectivity index (χ3v) is 2.68. The van der Waals surface area contributed by atoms with Crippen LogP contribution >= 0.6 is 0 Å². The number of likely N-dealkylation sites (N-methyl/N-ethyl adjacent to an activating group) is 1. The van der Waals surface area contributed by atoms with E-state index in [0.29, 0.717) is 13.1 Å². The third-order valence-electron chi connectivity index (χ3n) is 2.68. The molecule has 1 aromatic rings. The zero-order valence-electron chi connectivity index (χ0n) is 12.3. The zero-order chi connectivity index (χ0) is 16.8. The summed E-state index contributed by atoms with van der Waals surface area (Å²) in [5.74, 6) is -1.14. The van der Waals surface area contributed by atoms with Crippen LogP contribution in [0.1, 0.15) is 29.8 Å². The number of hydrogen-bond donors (Lipinski definition) is 3. The maximum absolute atomic E-state index is 12.8. The Hall–Kier alpha value is -2.09. The van der Waals surface area contributed by atoms with Gasteiger partial charge in [-0.15, -0.1) is 0 Å². The van der Waals surface area contributed by atoms with Gasteiger partial charge >= 0.3 is 6.18 Å². The van der Waals surface area contributed by atoms with Crippen molar-refractivity contribution in [3.8, 4) is 0 Å². The summed E-state index contributed by atoms with van der Waals surface area (Å²) in [6, 6.07) is 2.75. The van der Waals surface area contributed by atoms with E-state index < -0.39 is 23.6 Å². The van der Waals surface area contributed by atoms with Gasteiger partial charge in [0, 0.05) is 31.3 Å². The fraction of sp³-hybridized carbons (Fsp3) is 0.429. The van der Waals surface area contributed by atoms with E-state index in [1.54, 1.807) is 0 Å². The minimum absolute atomic E-state index is 0.0702. The molecule has 0 saturated carbocycles. The largest absolute Gasteiger partial charge is 0.416 e. The van der Waals surface area contributed by atoms with Gasteiger partial charge in [0.05, 0.1) is 5.56 Å². The average Bonchev–Trinajstić information content (AvgIpc) is 2.41. The highest BCUT2D eigenvalue weighted by Crippen LogP contribution is 2.32. The predicted octanol–water partition coefficient (Wildman–Crippen LogP) is 2.00. The van der Waals surface area contributed by atoms with Gasteiger partial charge in [-0.25, -0.2) is 0 Å². The van der Waals surface area contributed by atoms with Crippen LogP contribution in [0, 0.1) is 0 Å². The van der Waals surface area contributed by atoms with Crippen LogP contribution in [-0.4, -0.2) is 31.4 Å². The molecule has 0 bridgehead atoms. The summed E-state index contributed by atoms with van der Waals surface area (Å²) in [5.41, 5.74) is -1.22. The molecule has 0 fully saturated rings. The van der Waals surface area contributed by atoms with E-state index in [2.05, 4.69) is 16.0 Å². The Morgan fingerprint density at radius 3 is 2.36 bits per heavy atom. The number of anilines is 1. The lowest BCUT2D eigenvalue weighted by molar-refractivity contribution is -0.137. The molecule has 0 spiro atoms. The molecule has 2 amide bonds. The van der Waals surface area contributed by atoms with E-state index >= 15 is 0 Å². The maximum Gasteiger partial charge on any atom is 0.416 e. The first kappa shape index (κ1) is 18.0. The summed E-state index contributed by atoms with van der Waals surface area (Å²) >= 11 is 0. The molecule has 0 aromatic heterocycles. The fourth-order valence-electron chi connectivity index (χ4n) is 1.74. The van der Waals surface area contributed by atoms with Crippen molar-refractivity contribution < 1.29 is 22.8 Å². The van der Waals surface area contributed by atoms with E-state index in [0.717, 1.165) is 18.7 Å². The van der Waals surface area contributed by atoms with Gasteiger partial charge in [-0.1, -0.05) is 6.92 Å². The van der Waals surface area contributed by atoms with Crippen LogP contribution < -0.4 is 16.0 Å². The Morgan fingerprint density at radius 2 is 1.82 bits per heavy atom. The fourth-order valence-corrected chi connectivity index (χ4v) is 1.74. The van der Waals surface area contributed by atoms with Crippen molar-refractivity contribution in [2.45, 2.75) is 20.0 Å². The van der Waals surface area contributed by atoms with E-state index in [4.69, 9.17) is 0 Å². The van der Waals surface area contributed by atoms with Gasteiger partial charge in [0.1, 0.15) is 0 Å². The summed E-state index contributed by atoms with van der Waals surface area (Å²) in [6.07, 6.45) is -4.60. The molecule has 0 aliphatic heterocycles. The first-order valence-electron chi connectivity index (χ1n) is 6.73. The Kier molecular flexibility index (Phi) is 6.36. The molecule has 0 unspecified atom stereocenters. The minimum Gasteiger partial charge on any atom is -0.351 e. The molecule has 122 valence electrons. The second kappa shape index (κ2) is 7.79. The number of halogens is 3. The van der Waals surface area contributed by atoms with Gasteiger partial charge in [-0.3, -0.25) is 9.59 Å². The Bertz CT molecular complexity index is 545. The van der Waals surface area contributed by atoms with Gasteiger partial charge in [-0.2, -0.15) is 13.2 Å². The Balaban J connectivity index is 2.96. The van der Waals surface area contributed by atoms with Gasteiger partial charge in [0.25, 0.3) is 5.91 Å². The van der Waals surface area contributed by atoms with Crippen molar-refractivity contribution in [2.75, 3.05) is 25.0 Å². The van der Waals surface area contributed by atoms with E-state index in [9.17, 15) is 22.8 Å². The normalized spacial score (nSPS) is 11.1. The summed E-state index contributed by atoms with van der Waals surface area (Å²) < 4.78 is 38.5. The third kappa shape index (κ3) is 5.72. The Labute approximate surface area is 126 Å². The first-order valence-corrected chi connectivity index (χ1v) is 6.73. The van der Waals surface area contributed by atoms with Crippen molar-refractivity contribution in [2.24, 2.45) is 0 Å². The summed E-state index contributed by atoms with van der Waals surface area (Å²) in [5, 5.41) is 7.75. The number of amides is 2. The van der Waals surface area contributed by atoms with Crippen LogP contribution in [0.4, 0.5) is 18.9 Å². The van der Waals surface area contributed by atoms with Crippen molar-refractivity contribution >= 4 is 17.5 Å². The van der Waals surface area contributed by atoms with Crippen molar-refractivity contribution in [1.29, 1.82) is 0 Å². The number of nitrogens with one attached hydrogen (secondary N) is 3. The average molecular weight is 317 g/mol. The van der Waals surface area contributed by atoms with E-state index in [-0.39, 0.29) is 11.3 Å². The molecule has 5 nitrogen and oxygen atoms in total. The molecule has 1 aromatic carbocycles. The van der Waals surface area contributed by atoms with Crippen molar-refractivity contribution in [3.63, 3.8) is 0 Å². The molecule has 0 atom stereocenters. The Morgan fingerprint density at radius 1 is 1.14 bits per heavy atom. The molecule has 0 radical (unpaired) electrons. The molecule has 3 N–H and O–H groups in total. The summed E-state index contributed by atoms with van der Waals surface area (Å²) in [4.78, 5) is 22.9. The van der Waals surface area contributed by atoms with E-state index in [1.165, 1.54) is 13.0 Å². The maximum atomic E-state index is 12.8. The SMILES string of the molecule is CCNCCNC(=O)c1cc(NC(C)=O)cc(C(F)(F)F)c1. The molecule has 0 aliphatic rings. The molecule has 1 rings (SSSR count). The molecular weight excluding hydrogens is 299 g/mol. The highest BCUT2D eigenvalue weighted by molar-refractivity contribution is 5.97. The second-order valence-electron chi connectivity index (χ2n) is 4.59. The van der Waals surface area contributed by atoms with Crippen LogP contribution in [0.25, 0.3) is 0 Å². The standard InChI is InChI=1S/C14H18F3N3O2/c1-3-18-4-5-19-13(22)10-6-11(14(15,16)17)8-12(7-10)20-9(2)21/h6-8,18H,3-5H2,1-2H3,(H,19,22)(H,20,21). The topological polar surface area (TPSA) is 70.2 Å². The van der Waals surface area contributed by atoms with Gasteiger partial charge in [-0.05, 0) is 24.7 Å². The second-order valence-corrected chi connectivity index (χ2v) is 4.59. The number of benzene rings is 1. The molecule has 8 heteroatoms.